The van der Waals surface area contributed by atoms with E-state index in [2.05, 4.69) is 0 Å². The maximum absolute atomic E-state index is 13.9. The molecular weight excluding hydrogens is 480 g/mol. The molecule has 5 nitrogen and oxygen atoms in total. The average molecular weight is 502 g/mol. The van der Waals surface area contributed by atoms with Crippen LogP contribution in [0.5, 0.6) is 5.75 Å². The third-order valence-corrected chi connectivity index (χ3v) is 6.40. The fourth-order valence-corrected chi connectivity index (χ4v) is 4.53. The molecule has 8 heteroatoms. The summed E-state index contributed by atoms with van der Waals surface area (Å²) in [6.07, 6.45) is 0.966. The van der Waals surface area contributed by atoms with Gasteiger partial charge in [0.15, 0.2) is 0 Å². The zero-order valence-corrected chi connectivity index (χ0v) is 19.9. The minimum atomic E-state index is -1.12. The largest absolute Gasteiger partial charge is 0.487 e. The van der Waals surface area contributed by atoms with Gasteiger partial charge in [-0.25, -0.2) is 4.39 Å². The molecule has 0 unspecified atom stereocenters. The van der Waals surface area contributed by atoms with E-state index in [4.69, 9.17) is 27.9 Å². The number of rotatable bonds is 7. The predicted molar refractivity (Wildman–Crippen MR) is 128 cm³/mol. The highest BCUT2D eigenvalue weighted by Crippen LogP contribution is 2.38. The number of halogens is 3. The number of carboxylic acid groups (broad SMARTS) is 1. The molecule has 0 spiro atoms. The van der Waals surface area contributed by atoms with Crippen LogP contribution in [0.25, 0.3) is 0 Å². The summed E-state index contributed by atoms with van der Waals surface area (Å²) < 4.78 is 20.0. The van der Waals surface area contributed by atoms with E-state index in [1.165, 1.54) is 17.0 Å². The van der Waals surface area contributed by atoms with Crippen molar-refractivity contribution in [3.63, 3.8) is 0 Å². The number of amides is 1. The Morgan fingerprint density at radius 1 is 1.09 bits per heavy atom. The molecular formula is C26H22Cl2FNO4. The molecule has 1 N–H and O–H groups in total. The van der Waals surface area contributed by atoms with E-state index in [0.717, 1.165) is 11.1 Å². The van der Waals surface area contributed by atoms with Crippen LogP contribution < -0.4 is 4.74 Å². The second-order valence-corrected chi connectivity index (χ2v) is 9.44. The van der Waals surface area contributed by atoms with Gasteiger partial charge in [0.25, 0.3) is 5.91 Å². The van der Waals surface area contributed by atoms with E-state index < -0.39 is 29.8 Å². The quantitative estimate of drug-likeness (QED) is 0.444. The fraction of sp³-hybridized carbons (Fsp3) is 0.231. The number of carbonyl (C=O) groups is 2. The van der Waals surface area contributed by atoms with Gasteiger partial charge in [0.2, 0.25) is 0 Å². The van der Waals surface area contributed by atoms with E-state index in [-0.39, 0.29) is 11.6 Å². The second kappa shape index (κ2) is 9.65. The first-order valence-electron chi connectivity index (χ1n) is 10.6. The number of benzene rings is 3. The molecule has 0 saturated carbocycles. The summed E-state index contributed by atoms with van der Waals surface area (Å²) in [5.74, 6) is -1.38. The van der Waals surface area contributed by atoms with Crippen molar-refractivity contribution in [3.8, 4) is 5.75 Å². The van der Waals surface area contributed by atoms with Crippen LogP contribution in [0.15, 0.2) is 60.7 Å². The molecule has 1 atom stereocenters. The zero-order chi connectivity index (χ0) is 24.5. The van der Waals surface area contributed by atoms with E-state index in [9.17, 15) is 19.1 Å². The Hall–Kier alpha value is -3.09. The molecule has 3 aromatic rings. The van der Waals surface area contributed by atoms with Crippen LogP contribution in [0.4, 0.5) is 4.39 Å². The summed E-state index contributed by atoms with van der Waals surface area (Å²) in [6, 6.07) is 16.7. The summed E-state index contributed by atoms with van der Waals surface area (Å²) in [7, 11) is 0. The van der Waals surface area contributed by atoms with Crippen molar-refractivity contribution >= 4 is 35.1 Å². The highest BCUT2D eigenvalue weighted by molar-refractivity contribution is 6.31. The lowest BCUT2D eigenvalue weighted by molar-refractivity contribution is -0.137. The van der Waals surface area contributed by atoms with Gasteiger partial charge in [0.05, 0.1) is 5.02 Å². The smallest absolute Gasteiger partial charge is 0.323 e. The van der Waals surface area contributed by atoms with E-state index in [1.807, 2.05) is 6.92 Å². The van der Waals surface area contributed by atoms with Gasteiger partial charge < -0.3 is 14.7 Å². The molecule has 0 bridgehead atoms. The maximum atomic E-state index is 13.9. The molecule has 34 heavy (non-hydrogen) atoms. The van der Waals surface area contributed by atoms with Crippen molar-refractivity contribution in [2.45, 2.75) is 31.9 Å². The molecule has 0 aliphatic carbocycles. The maximum Gasteiger partial charge on any atom is 0.323 e. The summed E-state index contributed by atoms with van der Waals surface area (Å²) in [4.78, 5) is 25.9. The van der Waals surface area contributed by atoms with Crippen LogP contribution in [-0.2, 0) is 24.2 Å². The van der Waals surface area contributed by atoms with Crippen LogP contribution in [0.1, 0.15) is 34.0 Å². The van der Waals surface area contributed by atoms with Crippen LogP contribution in [0, 0.1) is 5.82 Å². The van der Waals surface area contributed by atoms with Gasteiger partial charge in [-0.15, -0.1) is 0 Å². The SMILES string of the molecule is C[C@@]1(Cc2ccc(Cl)c(F)c2)Cc2cc(C(=O)N(CC(=O)O)Cc3ccccc3Cl)ccc2O1. The highest BCUT2D eigenvalue weighted by atomic mass is 35.5. The molecule has 1 aliphatic rings. The first-order valence-corrected chi connectivity index (χ1v) is 11.4. The van der Waals surface area contributed by atoms with E-state index in [1.54, 1.807) is 48.5 Å². The molecule has 176 valence electrons. The first kappa shape index (κ1) is 24.0. The third kappa shape index (κ3) is 5.34. The van der Waals surface area contributed by atoms with Gasteiger partial charge in [-0.3, -0.25) is 9.59 Å². The second-order valence-electron chi connectivity index (χ2n) is 8.62. The Bertz CT molecular complexity index is 1270. The van der Waals surface area contributed by atoms with E-state index in [0.29, 0.717) is 34.7 Å². The van der Waals surface area contributed by atoms with Crippen LogP contribution in [-0.4, -0.2) is 34.0 Å². The Kier molecular flexibility index (Phi) is 6.82. The van der Waals surface area contributed by atoms with Gasteiger partial charge >= 0.3 is 5.97 Å². The Morgan fingerprint density at radius 3 is 2.56 bits per heavy atom. The van der Waals surface area contributed by atoms with Crippen LogP contribution in [0.3, 0.4) is 0 Å². The Morgan fingerprint density at radius 2 is 1.85 bits per heavy atom. The first-order chi connectivity index (χ1) is 16.1. The number of aliphatic carboxylic acids is 1. The monoisotopic (exact) mass is 501 g/mol. The normalized spacial score (nSPS) is 16.6. The van der Waals surface area contributed by atoms with E-state index >= 15 is 0 Å². The number of ether oxygens (including phenoxy) is 1. The van der Waals surface area contributed by atoms with Crippen LogP contribution in [0.2, 0.25) is 10.0 Å². The number of hydrogen-bond acceptors (Lipinski definition) is 3. The number of hydrogen-bond donors (Lipinski definition) is 1. The van der Waals surface area contributed by atoms with Crippen molar-refractivity contribution in [3.05, 3.63) is 98.8 Å². The molecule has 0 saturated heterocycles. The molecule has 0 fully saturated rings. The summed E-state index contributed by atoms with van der Waals surface area (Å²) in [6.45, 7) is 1.53. The summed E-state index contributed by atoms with van der Waals surface area (Å²) >= 11 is 12.0. The predicted octanol–water partition coefficient (Wildman–Crippen LogP) is 5.80. The lowest BCUT2D eigenvalue weighted by Crippen LogP contribution is -2.35. The highest BCUT2D eigenvalue weighted by Gasteiger charge is 2.36. The standard InChI is InChI=1S/C26H22Cl2FNO4/c1-26(12-16-6-8-21(28)22(29)10-16)13-19-11-17(7-9-23(19)34-26)25(33)30(15-24(31)32)14-18-4-2-3-5-20(18)27/h2-11H,12-15H2,1H3,(H,31,32)/t26-/m1/s1. The fourth-order valence-electron chi connectivity index (χ4n) is 4.21. The Labute approximate surface area is 206 Å². The zero-order valence-electron chi connectivity index (χ0n) is 18.4. The number of carboxylic acids is 1. The van der Waals surface area contributed by atoms with Crippen molar-refractivity contribution in [1.29, 1.82) is 0 Å². The van der Waals surface area contributed by atoms with Gasteiger partial charge in [-0.2, -0.15) is 0 Å². The summed E-state index contributed by atoms with van der Waals surface area (Å²) in [5.41, 5.74) is 1.97. The average Bonchev–Trinajstić information content (AvgIpc) is 3.11. The minimum absolute atomic E-state index is 0.0652. The van der Waals surface area contributed by atoms with Crippen molar-refractivity contribution in [2.75, 3.05) is 6.54 Å². The number of carbonyl (C=O) groups excluding carboxylic acids is 1. The van der Waals surface area contributed by atoms with Crippen LogP contribution >= 0.6 is 23.2 Å². The topological polar surface area (TPSA) is 66.8 Å². The van der Waals surface area contributed by atoms with Crippen molar-refractivity contribution < 1.29 is 23.8 Å². The van der Waals surface area contributed by atoms with Gasteiger partial charge in [-0.05, 0) is 60.0 Å². The van der Waals surface area contributed by atoms with Crippen molar-refractivity contribution in [1.82, 2.24) is 4.90 Å². The Balaban J connectivity index is 1.54. The molecule has 1 heterocycles. The molecule has 1 amide bonds. The number of nitrogens with zero attached hydrogens (tertiary/aromatic N) is 1. The lowest BCUT2D eigenvalue weighted by atomic mass is 9.91. The molecule has 4 rings (SSSR count). The lowest BCUT2D eigenvalue weighted by Gasteiger charge is -2.24. The van der Waals surface area contributed by atoms with Gasteiger partial charge in [-0.1, -0.05) is 47.5 Å². The molecule has 1 aliphatic heterocycles. The molecule has 3 aromatic carbocycles. The minimum Gasteiger partial charge on any atom is -0.487 e. The third-order valence-electron chi connectivity index (χ3n) is 5.72. The summed E-state index contributed by atoms with van der Waals surface area (Å²) in [5, 5.41) is 9.87. The number of fused-ring (bicyclic) bond motifs is 1. The van der Waals surface area contributed by atoms with Gasteiger partial charge in [0.1, 0.15) is 23.7 Å². The molecule has 0 radical (unpaired) electrons. The van der Waals surface area contributed by atoms with Gasteiger partial charge in [0, 0.05) is 30.0 Å². The van der Waals surface area contributed by atoms with Crippen molar-refractivity contribution in [2.24, 2.45) is 0 Å². The molecule has 0 aromatic heterocycles.